The van der Waals surface area contributed by atoms with Gasteiger partial charge in [0, 0.05) is 0 Å². The Labute approximate surface area is 182 Å². The van der Waals surface area contributed by atoms with Gasteiger partial charge in [-0.2, -0.15) is 0 Å². The largest absolute Gasteiger partial charge is 0.423 e. The summed E-state index contributed by atoms with van der Waals surface area (Å²) in [6.07, 6.45) is 6.14. The van der Waals surface area contributed by atoms with Crippen LogP contribution in [0.25, 0.3) is 0 Å². The fourth-order valence-electron chi connectivity index (χ4n) is 4.15. The standard InChI is InChI=1S/C26H27NO4/c1-4-26(2,3)18-11-15-20(16-12-18)31-25(30)17-9-13-19(14-10-17)27-23(28)21-7-5-6-8-22(21)24(27)29/h5-6,9-16,21-22H,4,7-8H2,1-3H3. The molecule has 2 unspecified atom stereocenters. The Kier molecular flexibility index (Phi) is 5.52. The number of imide groups is 1. The van der Waals surface area contributed by atoms with E-state index in [1.807, 2.05) is 24.3 Å². The molecule has 1 fully saturated rings. The van der Waals surface area contributed by atoms with E-state index in [0.29, 0.717) is 29.8 Å². The van der Waals surface area contributed by atoms with Gasteiger partial charge in [-0.15, -0.1) is 0 Å². The zero-order valence-electron chi connectivity index (χ0n) is 18.1. The van der Waals surface area contributed by atoms with Crippen LogP contribution in [0.1, 0.15) is 56.0 Å². The van der Waals surface area contributed by atoms with Crippen LogP contribution in [0, 0.1) is 11.8 Å². The van der Waals surface area contributed by atoms with Gasteiger partial charge in [-0.3, -0.25) is 14.5 Å². The number of hydrogen-bond donors (Lipinski definition) is 0. The van der Waals surface area contributed by atoms with E-state index in [0.717, 1.165) is 6.42 Å². The Morgan fingerprint density at radius 1 is 0.935 bits per heavy atom. The lowest BCUT2D eigenvalue weighted by Gasteiger charge is -2.23. The van der Waals surface area contributed by atoms with Crippen LogP contribution in [-0.4, -0.2) is 17.8 Å². The third-order valence-electron chi connectivity index (χ3n) is 6.60. The van der Waals surface area contributed by atoms with E-state index in [1.54, 1.807) is 36.4 Å². The lowest BCUT2D eigenvalue weighted by Crippen LogP contribution is -2.30. The number of allylic oxidation sites excluding steroid dienone is 2. The quantitative estimate of drug-likeness (QED) is 0.296. The Morgan fingerprint density at radius 3 is 2.00 bits per heavy atom. The van der Waals surface area contributed by atoms with Crippen LogP contribution in [0.3, 0.4) is 0 Å². The van der Waals surface area contributed by atoms with Crippen LogP contribution in [0.5, 0.6) is 5.75 Å². The SMILES string of the molecule is CCC(C)(C)c1ccc(OC(=O)c2ccc(N3C(=O)C4CC=CCC4C3=O)cc2)cc1. The van der Waals surface area contributed by atoms with Gasteiger partial charge in [0.2, 0.25) is 11.8 Å². The normalized spacial score (nSPS) is 20.7. The second kappa shape index (κ2) is 8.14. The number of nitrogens with zero attached hydrogens (tertiary/aromatic N) is 1. The Balaban J connectivity index is 1.45. The summed E-state index contributed by atoms with van der Waals surface area (Å²) >= 11 is 0. The lowest BCUT2D eigenvalue weighted by molar-refractivity contribution is -0.122. The van der Waals surface area contributed by atoms with Crippen molar-refractivity contribution in [1.82, 2.24) is 0 Å². The second-order valence-electron chi connectivity index (χ2n) is 8.87. The summed E-state index contributed by atoms with van der Waals surface area (Å²) in [4.78, 5) is 39.2. The van der Waals surface area contributed by atoms with Crippen molar-refractivity contribution in [3.05, 3.63) is 71.8 Å². The van der Waals surface area contributed by atoms with Gasteiger partial charge in [-0.05, 0) is 66.6 Å². The molecule has 1 aliphatic carbocycles. The molecule has 5 heteroatoms. The van der Waals surface area contributed by atoms with Gasteiger partial charge < -0.3 is 4.74 Å². The Bertz CT molecular complexity index is 1010. The second-order valence-corrected chi connectivity index (χ2v) is 8.87. The minimum absolute atomic E-state index is 0.0659. The maximum Gasteiger partial charge on any atom is 0.343 e. The van der Waals surface area contributed by atoms with Gasteiger partial charge in [0.05, 0.1) is 23.1 Å². The molecule has 2 aliphatic rings. The average molecular weight is 418 g/mol. The molecular weight excluding hydrogens is 390 g/mol. The zero-order chi connectivity index (χ0) is 22.2. The zero-order valence-corrected chi connectivity index (χ0v) is 18.1. The van der Waals surface area contributed by atoms with E-state index < -0.39 is 5.97 Å². The lowest BCUT2D eigenvalue weighted by atomic mass is 9.82. The fourth-order valence-corrected chi connectivity index (χ4v) is 4.15. The third-order valence-corrected chi connectivity index (χ3v) is 6.60. The average Bonchev–Trinajstić information content (AvgIpc) is 3.04. The van der Waals surface area contributed by atoms with Crippen molar-refractivity contribution < 1.29 is 19.1 Å². The molecule has 2 atom stereocenters. The highest BCUT2D eigenvalue weighted by Gasteiger charge is 2.47. The highest BCUT2D eigenvalue weighted by Crippen LogP contribution is 2.37. The van der Waals surface area contributed by atoms with Crippen LogP contribution < -0.4 is 9.64 Å². The van der Waals surface area contributed by atoms with Crippen molar-refractivity contribution in [3.63, 3.8) is 0 Å². The van der Waals surface area contributed by atoms with Crippen LogP contribution >= 0.6 is 0 Å². The van der Waals surface area contributed by atoms with E-state index in [-0.39, 0.29) is 29.1 Å². The summed E-state index contributed by atoms with van der Waals surface area (Å²) in [5.41, 5.74) is 2.11. The summed E-state index contributed by atoms with van der Waals surface area (Å²) in [7, 11) is 0. The van der Waals surface area contributed by atoms with Crippen molar-refractivity contribution in [3.8, 4) is 5.75 Å². The molecule has 1 saturated heterocycles. The summed E-state index contributed by atoms with van der Waals surface area (Å²) in [6, 6.07) is 14.0. The number of benzene rings is 2. The molecule has 31 heavy (non-hydrogen) atoms. The molecule has 0 N–H and O–H groups in total. The number of anilines is 1. The van der Waals surface area contributed by atoms with Gasteiger partial charge in [0.1, 0.15) is 5.75 Å². The number of esters is 1. The number of ether oxygens (including phenoxy) is 1. The van der Waals surface area contributed by atoms with Crippen molar-refractivity contribution in [2.24, 2.45) is 11.8 Å². The maximum absolute atomic E-state index is 12.7. The van der Waals surface area contributed by atoms with Crippen LogP contribution in [0.15, 0.2) is 60.7 Å². The molecule has 5 nitrogen and oxygen atoms in total. The van der Waals surface area contributed by atoms with Crippen molar-refractivity contribution in [2.75, 3.05) is 4.90 Å². The third kappa shape index (κ3) is 3.92. The summed E-state index contributed by atoms with van der Waals surface area (Å²) in [5, 5.41) is 0. The van der Waals surface area contributed by atoms with Crippen LogP contribution in [0.2, 0.25) is 0 Å². The van der Waals surface area contributed by atoms with Gasteiger partial charge in [-0.1, -0.05) is 45.1 Å². The number of hydrogen-bond acceptors (Lipinski definition) is 4. The van der Waals surface area contributed by atoms with E-state index in [4.69, 9.17) is 4.74 Å². The number of carbonyl (C=O) groups excluding carboxylic acids is 3. The Hall–Kier alpha value is -3.21. The van der Waals surface area contributed by atoms with Crippen LogP contribution in [-0.2, 0) is 15.0 Å². The molecule has 0 aromatic heterocycles. The van der Waals surface area contributed by atoms with Gasteiger partial charge >= 0.3 is 5.97 Å². The van der Waals surface area contributed by atoms with Gasteiger partial charge in [0.15, 0.2) is 0 Å². The number of fused-ring (bicyclic) bond motifs is 1. The first kappa shape index (κ1) is 21.0. The molecule has 0 radical (unpaired) electrons. The van der Waals surface area contributed by atoms with E-state index in [1.165, 1.54) is 10.5 Å². The summed E-state index contributed by atoms with van der Waals surface area (Å²) in [5.74, 6) is -0.877. The molecule has 2 aromatic carbocycles. The van der Waals surface area contributed by atoms with Crippen molar-refractivity contribution in [2.45, 2.75) is 45.4 Å². The molecule has 160 valence electrons. The molecular formula is C26H27NO4. The van der Waals surface area contributed by atoms with Crippen molar-refractivity contribution in [1.29, 1.82) is 0 Å². The van der Waals surface area contributed by atoms with E-state index in [9.17, 15) is 14.4 Å². The first-order valence-electron chi connectivity index (χ1n) is 10.8. The first-order valence-corrected chi connectivity index (χ1v) is 10.8. The fraction of sp³-hybridized carbons (Fsp3) is 0.346. The molecule has 1 aliphatic heterocycles. The smallest absolute Gasteiger partial charge is 0.343 e. The molecule has 0 spiro atoms. The molecule has 0 bridgehead atoms. The number of carbonyl (C=O) groups is 3. The van der Waals surface area contributed by atoms with Crippen molar-refractivity contribution >= 4 is 23.5 Å². The molecule has 2 amide bonds. The summed E-state index contributed by atoms with van der Waals surface area (Å²) < 4.78 is 5.49. The minimum atomic E-state index is -0.481. The van der Waals surface area contributed by atoms with Gasteiger partial charge in [-0.25, -0.2) is 4.79 Å². The first-order chi connectivity index (χ1) is 14.8. The van der Waals surface area contributed by atoms with Crippen LogP contribution in [0.4, 0.5) is 5.69 Å². The number of amides is 2. The predicted octanol–water partition coefficient (Wildman–Crippen LogP) is 5.05. The predicted molar refractivity (Wildman–Crippen MR) is 119 cm³/mol. The number of rotatable bonds is 5. The summed E-state index contributed by atoms with van der Waals surface area (Å²) in [6.45, 7) is 6.50. The highest BCUT2D eigenvalue weighted by atomic mass is 16.5. The Morgan fingerprint density at radius 2 is 1.48 bits per heavy atom. The van der Waals surface area contributed by atoms with E-state index >= 15 is 0 Å². The molecule has 1 heterocycles. The van der Waals surface area contributed by atoms with Gasteiger partial charge in [0.25, 0.3) is 0 Å². The topological polar surface area (TPSA) is 63.7 Å². The molecule has 0 saturated carbocycles. The molecule has 2 aromatic rings. The molecule has 4 rings (SSSR count). The maximum atomic E-state index is 12.7. The highest BCUT2D eigenvalue weighted by molar-refractivity contribution is 6.22. The van der Waals surface area contributed by atoms with E-state index in [2.05, 4.69) is 20.8 Å². The monoisotopic (exact) mass is 417 g/mol. The minimum Gasteiger partial charge on any atom is -0.423 e.